The largest absolute Gasteiger partial charge is 0.322 e. The van der Waals surface area contributed by atoms with Crippen molar-refractivity contribution in [3.63, 3.8) is 0 Å². The second kappa shape index (κ2) is 8.42. The number of hydrogen-bond acceptors (Lipinski definition) is 6. The predicted molar refractivity (Wildman–Crippen MR) is 131 cm³/mol. The number of rotatable bonds is 4. The lowest BCUT2D eigenvalue weighted by atomic mass is 10.0. The summed E-state index contributed by atoms with van der Waals surface area (Å²) in [6.07, 6.45) is 3.59. The Morgan fingerprint density at radius 3 is 2.61 bits per heavy atom. The molecule has 166 valence electrons. The SMILES string of the molecule is CC1=C(C(=O)Nc2ccccc2)[C@@H](c2cccs2)n2c(s/c(=C/c3cnn(C)c3C)c2=O)=N1. The fourth-order valence-electron chi connectivity index (χ4n) is 3.85. The molecule has 1 amide bonds. The van der Waals surface area contributed by atoms with Gasteiger partial charge in [0.1, 0.15) is 6.04 Å². The van der Waals surface area contributed by atoms with Crippen LogP contribution in [0.3, 0.4) is 0 Å². The van der Waals surface area contributed by atoms with Crippen molar-refractivity contribution in [1.29, 1.82) is 0 Å². The third-order valence-corrected chi connectivity index (χ3v) is 7.58. The summed E-state index contributed by atoms with van der Waals surface area (Å²) in [6, 6.07) is 12.6. The molecule has 3 aromatic heterocycles. The van der Waals surface area contributed by atoms with E-state index in [9.17, 15) is 9.59 Å². The number of fused-ring (bicyclic) bond motifs is 1. The molecule has 0 bridgehead atoms. The molecule has 4 heterocycles. The Kier molecular flexibility index (Phi) is 5.43. The highest BCUT2D eigenvalue weighted by Crippen LogP contribution is 2.33. The van der Waals surface area contributed by atoms with Gasteiger partial charge in [-0.3, -0.25) is 18.8 Å². The van der Waals surface area contributed by atoms with Crippen molar-refractivity contribution in [2.24, 2.45) is 12.0 Å². The first-order chi connectivity index (χ1) is 15.9. The van der Waals surface area contributed by atoms with Gasteiger partial charge in [0.25, 0.3) is 11.5 Å². The van der Waals surface area contributed by atoms with E-state index in [1.165, 1.54) is 22.7 Å². The lowest BCUT2D eigenvalue weighted by molar-refractivity contribution is -0.113. The Morgan fingerprint density at radius 1 is 1.15 bits per heavy atom. The number of anilines is 1. The van der Waals surface area contributed by atoms with Crippen molar-refractivity contribution < 1.29 is 4.79 Å². The number of carbonyl (C=O) groups excluding carboxylic acids is 1. The van der Waals surface area contributed by atoms with Gasteiger partial charge in [0.2, 0.25) is 0 Å². The molecule has 33 heavy (non-hydrogen) atoms. The number of allylic oxidation sites excluding steroid dienone is 1. The topological polar surface area (TPSA) is 81.3 Å². The summed E-state index contributed by atoms with van der Waals surface area (Å²) in [6.45, 7) is 3.78. The highest BCUT2D eigenvalue weighted by Gasteiger charge is 2.33. The molecule has 4 aromatic rings. The zero-order valence-electron chi connectivity index (χ0n) is 18.3. The predicted octanol–water partition coefficient (Wildman–Crippen LogP) is 2.98. The number of thiazole rings is 1. The number of nitrogens with zero attached hydrogens (tertiary/aromatic N) is 4. The van der Waals surface area contributed by atoms with Crippen molar-refractivity contribution in [2.45, 2.75) is 19.9 Å². The van der Waals surface area contributed by atoms with Crippen molar-refractivity contribution in [1.82, 2.24) is 14.3 Å². The number of aromatic nitrogens is 3. The Balaban J connectivity index is 1.66. The fourth-order valence-corrected chi connectivity index (χ4v) is 5.71. The highest BCUT2D eigenvalue weighted by atomic mass is 32.1. The minimum absolute atomic E-state index is 0.169. The van der Waals surface area contributed by atoms with E-state index < -0.39 is 6.04 Å². The summed E-state index contributed by atoms with van der Waals surface area (Å²) >= 11 is 2.84. The summed E-state index contributed by atoms with van der Waals surface area (Å²) in [5.74, 6) is -0.266. The molecule has 0 saturated heterocycles. The van der Waals surface area contributed by atoms with E-state index in [0.29, 0.717) is 26.3 Å². The lowest BCUT2D eigenvalue weighted by Crippen LogP contribution is -2.40. The molecule has 5 rings (SSSR count). The summed E-state index contributed by atoms with van der Waals surface area (Å²) < 4.78 is 3.97. The maximum Gasteiger partial charge on any atom is 0.271 e. The molecule has 0 fully saturated rings. The number of benzene rings is 1. The molecule has 0 saturated carbocycles. The summed E-state index contributed by atoms with van der Waals surface area (Å²) in [4.78, 5) is 33.1. The normalized spacial score (nSPS) is 16.0. The first kappa shape index (κ1) is 21.3. The smallest absolute Gasteiger partial charge is 0.271 e. The fraction of sp³-hybridized carbons (Fsp3) is 0.167. The molecule has 1 N–H and O–H groups in total. The number of para-hydroxylation sites is 1. The van der Waals surface area contributed by atoms with Crippen LogP contribution in [0.1, 0.15) is 29.1 Å². The van der Waals surface area contributed by atoms with Crippen LogP contribution in [0.2, 0.25) is 0 Å². The molecule has 0 unspecified atom stereocenters. The molecule has 0 radical (unpaired) electrons. The average Bonchev–Trinajstić information content (AvgIpc) is 3.51. The minimum atomic E-state index is -0.540. The van der Waals surface area contributed by atoms with Crippen LogP contribution < -0.4 is 20.2 Å². The molecule has 0 spiro atoms. The monoisotopic (exact) mass is 475 g/mol. The van der Waals surface area contributed by atoms with Crippen LogP contribution in [-0.4, -0.2) is 20.3 Å². The quantitative estimate of drug-likeness (QED) is 0.493. The van der Waals surface area contributed by atoms with Crippen molar-refractivity contribution in [2.75, 3.05) is 5.32 Å². The number of thiophene rings is 1. The molecular formula is C24H21N5O2S2. The van der Waals surface area contributed by atoms with Crippen LogP contribution >= 0.6 is 22.7 Å². The summed E-state index contributed by atoms with van der Waals surface area (Å²) in [5, 5.41) is 9.17. The van der Waals surface area contributed by atoms with Crippen LogP contribution in [0.5, 0.6) is 0 Å². The van der Waals surface area contributed by atoms with Gasteiger partial charge in [-0.25, -0.2) is 4.99 Å². The number of nitrogens with one attached hydrogen (secondary N) is 1. The van der Waals surface area contributed by atoms with Crippen molar-refractivity contribution >= 4 is 40.3 Å². The molecule has 1 aromatic carbocycles. The molecular weight excluding hydrogens is 454 g/mol. The molecule has 1 atom stereocenters. The van der Waals surface area contributed by atoms with E-state index in [1.807, 2.05) is 74.8 Å². The van der Waals surface area contributed by atoms with Crippen molar-refractivity contribution in [3.8, 4) is 0 Å². The third-order valence-electron chi connectivity index (χ3n) is 5.67. The number of amides is 1. The van der Waals surface area contributed by atoms with E-state index in [2.05, 4.69) is 15.4 Å². The second-order valence-electron chi connectivity index (χ2n) is 7.73. The summed E-state index contributed by atoms with van der Waals surface area (Å²) in [5.41, 5.74) is 3.45. The van der Waals surface area contributed by atoms with E-state index in [0.717, 1.165) is 16.1 Å². The Hall–Kier alpha value is -3.56. The van der Waals surface area contributed by atoms with Gasteiger partial charge in [-0.2, -0.15) is 5.10 Å². The van der Waals surface area contributed by atoms with E-state index >= 15 is 0 Å². The molecule has 9 heteroatoms. The van der Waals surface area contributed by atoms with E-state index in [-0.39, 0.29) is 11.5 Å². The highest BCUT2D eigenvalue weighted by molar-refractivity contribution is 7.10. The maximum absolute atomic E-state index is 13.6. The van der Waals surface area contributed by atoms with Gasteiger partial charge in [-0.1, -0.05) is 35.6 Å². The van der Waals surface area contributed by atoms with Gasteiger partial charge in [-0.05, 0) is 43.5 Å². The van der Waals surface area contributed by atoms with Crippen LogP contribution in [0.4, 0.5) is 5.69 Å². The van der Waals surface area contributed by atoms with Crippen LogP contribution in [0, 0.1) is 6.92 Å². The zero-order valence-corrected chi connectivity index (χ0v) is 19.9. The number of carbonyl (C=O) groups is 1. The molecule has 7 nitrogen and oxygen atoms in total. The average molecular weight is 476 g/mol. The van der Waals surface area contributed by atoms with Gasteiger partial charge in [0.15, 0.2) is 4.80 Å². The van der Waals surface area contributed by atoms with Crippen LogP contribution in [0.15, 0.2) is 75.1 Å². The van der Waals surface area contributed by atoms with Gasteiger partial charge in [0.05, 0.1) is 22.0 Å². The van der Waals surface area contributed by atoms with E-state index in [4.69, 9.17) is 0 Å². The van der Waals surface area contributed by atoms with Crippen LogP contribution in [-0.2, 0) is 11.8 Å². The summed E-state index contributed by atoms with van der Waals surface area (Å²) in [7, 11) is 1.87. The number of hydrogen-bond donors (Lipinski definition) is 1. The molecule has 1 aliphatic rings. The molecule has 1 aliphatic heterocycles. The zero-order chi connectivity index (χ0) is 23.1. The van der Waals surface area contributed by atoms with Gasteiger partial charge < -0.3 is 5.32 Å². The van der Waals surface area contributed by atoms with E-state index in [1.54, 1.807) is 15.4 Å². The van der Waals surface area contributed by atoms with Crippen molar-refractivity contribution in [3.05, 3.63) is 101 Å². The Labute approximate surface area is 197 Å². The maximum atomic E-state index is 13.6. The second-order valence-corrected chi connectivity index (χ2v) is 9.71. The number of aryl methyl sites for hydroxylation is 1. The van der Waals surface area contributed by atoms with Gasteiger partial charge >= 0.3 is 0 Å². The first-order valence-corrected chi connectivity index (χ1v) is 12.0. The third kappa shape index (κ3) is 3.79. The van der Waals surface area contributed by atoms with Gasteiger partial charge in [0, 0.05) is 28.9 Å². The van der Waals surface area contributed by atoms with Crippen LogP contribution in [0.25, 0.3) is 6.08 Å². The molecule has 0 aliphatic carbocycles. The first-order valence-electron chi connectivity index (χ1n) is 10.3. The minimum Gasteiger partial charge on any atom is -0.322 e. The Morgan fingerprint density at radius 2 is 1.94 bits per heavy atom. The van der Waals surface area contributed by atoms with Gasteiger partial charge in [-0.15, -0.1) is 11.3 Å². The Bertz CT molecular complexity index is 1560. The lowest BCUT2D eigenvalue weighted by Gasteiger charge is -2.24. The standard InChI is InChI=1S/C24H21N5O2S2/c1-14-20(22(30)27-17-8-5-4-6-9-17)21(18-10-7-11-32-18)29-23(31)19(33-24(29)26-14)12-16-13-25-28(3)15(16)2/h4-13,21H,1-3H3,(H,27,30)/b19-12+/t21-/m1/s1.